The number of oxime groups is 1. The Balaban J connectivity index is 3.02. The molecule has 100 valence electrons. The van der Waals surface area contributed by atoms with Gasteiger partial charge in [-0.05, 0) is 37.1 Å². The van der Waals surface area contributed by atoms with E-state index < -0.39 is 12.8 Å². The molecule has 0 saturated carbocycles. The standard InChI is InChI=1S/C11H13F3N2O2/c1-6-3-8(10(15)16-17)4-7(2)9(6)18-5-11(12,13)14/h3-4,17H,5H2,1-2H3,(H2,15,16). The number of nitrogens with zero attached hydrogens (tertiary/aromatic N) is 1. The molecule has 0 aliphatic carbocycles. The summed E-state index contributed by atoms with van der Waals surface area (Å²) in [7, 11) is 0. The van der Waals surface area contributed by atoms with E-state index in [4.69, 9.17) is 15.7 Å². The number of rotatable bonds is 3. The maximum atomic E-state index is 12.1. The van der Waals surface area contributed by atoms with Gasteiger partial charge in [0.1, 0.15) is 5.75 Å². The molecular weight excluding hydrogens is 249 g/mol. The average Bonchev–Trinajstić information content (AvgIpc) is 2.25. The van der Waals surface area contributed by atoms with Crippen molar-refractivity contribution in [2.75, 3.05) is 6.61 Å². The maximum absolute atomic E-state index is 12.1. The number of hydrogen-bond acceptors (Lipinski definition) is 3. The molecular formula is C11H13F3N2O2. The van der Waals surface area contributed by atoms with Gasteiger partial charge in [-0.1, -0.05) is 5.16 Å². The minimum absolute atomic E-state index is 0.108. The van der Waals surface area contributed by atoms with E-state index in [9.17, 15) is 13.2 Å². The van der Waals surface area contributed by atoms with Crippen molar-refractivity contribution in [2.24, 2.45) is 10.9 Å². The lowest BCUT2D eigenvalue weighted by Gasteiger charge is -2.15. The van der Waals surface area contributed by atoms with Gasteiger partial charge < -0.3 is 15.7 Å². The summed E-state index contributed by atoms with van der Waals surface area (Å²) < 4.78 is 40.9. The van der Waals surface area contributed by atoms with E-state index in [0.717, 1.165) is 0 Å². The Kier molecular flexibility index (Phi) is 4.05. The van der Waals surface area contributed by atoms with Gasteiger partial charge in [-0.25, -0.2) is 0 Å². The van der Waals surface area contributed by atoms with Crippen LogP contribution in [0.3, 0.4) is 0 Å². The normalized spacial score (nSPS) is 12.6. The second kappa shape index (κ2) is 5.16. The first kappa shape index (κ1) is 14.1. The molecule has 0 aliphatic rings. The van der Waals surface area contributed by atoms with Crippen molar-refractivity contribution in [1.29, 1.82) is 0 Å². The Morgan fingerprint density at radius 3 is 2.22 bits per heavy atom. The van der Waals surface area contributed by atoms with Crippen LogP contribution in [0.2, 0.25) is 0 Å². The van der Waals surface area contributed by atoms with E-state index >= 15 is 0 Å². The van der Waals surface area contributed by atoms with Crippen molar-refractivity contribution in [1.82, 2.24) is 0 Å². The van der Waals surface area contributed by atoms with E-state index in [2.05, 4.69) is 5.16 Å². The van der Waals surface area contributed by atoms with Crippen LogP contribution in [0.1, 0.15) is 16.7 Å². The fourth-order valence-corrected chi connectivity index (χ4v) is 1.54. The number of nitrogens with two attached hydrogens (primary N) is 1. The Morgan fingerprint density at radius 1 is 1.33 bits per heavy atom. The zero-order valence-corrected chi connectivity index (χ0v) is 9.88. The molecule has 0 saturated heterocycles. The van der Waals surface area contributed by atoms with Crippen LogP contribution in [0.4, 0.5) is 13.2 Å². The highest BCUT2D eigenvalue weighted by atomic mass is 19.4. The lowest BCUT2D eigenvalue weighted by atomic mass is 10.1. The van der Waals surface area contributed by atoms with Crippen LogP contribution < -0.4 is 10.5 Å². The molecule has 0 aromatic heterocycles. The van der Waals surface area contributed by atoms with Gasteiger partial charge in [0.05, 0.1) is 0 Å². The summed E-state index contributed by atoms with van der Waals surface area (Å²) in [5.74, 6) is 0.0467. The molecule has 0 heterocycles. The predicted molar refractivity (Wildman–Crippen MR) is 60.0 cm³/mol. The summed E-state index contributed by atoms with van der Waals surface area (Å²) in [4.78, 5) is 0. The second-order valence-electron chi connectivity index (χ2n) is 3.83. The van der Waals surface area contributed by atoms with E-state index in [1.807, 2.05) is 0 Å². The molecule has 3 N–H and O–H groups in total. The van der Waals surface area contributed by atoms with Gasteiger partial charge in [-0.15, -0.1) is 0 Å². The zero-order valence-electron chi connectivity index (χ0n) is 9.88. The quantitative estimate of drug-likeness (QED) is 0.380. The van der Waals surface area contributed by atoms with Gasteiger partial charge in [-0.3, -0.25) is 0 Å². The van der Waals surface area contributed by atoms with Gasteiger partial charge in [0, 0.05) is 5.56 Å². The van der Waals surface area contributed by atoms with E-state index in [-0.39, 0.29) is 11.6 Å². The number of alkyl halides is 3. The number of ether oxygens (including phenoxy) is 1. The molecule has 18 heavy (non-hydrogen) atoms. The van der Waals surface area contributed by atoms with Crippen LogP contribution in [0, 0.1) is 13.8 Å². The first-order chi connectivity index (χ1) is 8.24. The SMILES string of the molecule is Cc1cc(C(N)=NO)cc(C)c1OCC(F)(F)F. The number of halogens is 3. The lowest BCUT2D eigenvalue weighted by molar-refractivity contribution is -0.153. The van der Waals surface area contributed by atoms with Crippen LogP contribution in [-0.4, -0.2) is 23.8 Å². The van der Waals surface area contributed by atoms with Gasteiger partial charge in [0.2, 0.25) is 0 Å². The topological polar surface area (TPSA) is 67.8 Å². The van der Waals surface area contributed by atoms with Crippen LogP contribution in [0.5, 0.6) is 5.75 Å². The largest absolute Gasteiger partial charge is 0.484 e. The highest BCUT2D eigenvalue weighted by Crippen LogP contribution is 2.27. The van der Waals surface area contributed by atoms with Crippen molar-refractivity contribution >= 4 is 5.84 Å². The number of amidine groups is 1. The molecule has 4 nitrogen and oxygen atoms in total. The maximum Gasteiger partial charge on any atom is 0.422 e. The number of hydrogen-bond donors (Lipinski definition) is 2. The summed E-state index contributed by atoms with van der Waals surface area (Å²) in [5, 5.41) is 11.4. The molecule has 1 aromatic carbocycles. The average molecular weight is 262 g/mol. The summed E-state index contributed by atoms with van der Waals surface area (Å²) >= 11 is 0. The van der Waals surface area contributed by atoms with Crippen LogP contribution in [0.15, 0.2) is 17.3 Å². The highest BCUT2D eigenvalue weighted by molar-refractivity contribution is 5.97. The summed E-state index contributed by atoms with van der Waals surface area (Å²) in [5.41, 5.74) is 6.80. The Bertz CT molecular complexity index is 447. The van der Waals surface area contributed by atoms with Crippen molar-refractivity contribution in [3.05, 3.63) is 28.8 Å². The Hall–Kier alpha value is -1.92. The summed E-state index contributed by atoms with van der Waals surface area (Å²) in [6, 6.07) is 2.99. The molecule has 0 unspecified atom stereocenters. The first-order valence-electron chi connectivity index (χ1n) is 5.03. The monoisotopic (exact) mass is 262 g/mol. The third kappa shape index (κ3) is 3.54. The fourth-order valence-electron chi connectivity index (χ4n) is 1.54. The minimum atomic E-state index is -4.39. The van der Waals surface area contributed by atoms with E-state index in [1.165, 1.54) is 12.1 Å². The van der Waals surface area contributed by atoms with E-state index in [1.54, 1.807) is 13.8 Å². The van der Waals surface area contributed by atoms with Crippen molar-refractivity contribution in [3.63, 3.8) is 0 Å². The molecule has 0 amide bonds. The predicted octanol–water partition coefficient (Wildman–Crippen LogP) is 2.34. The minimum Gasteiger partial charge on any atom is -0.484 e. The molecule has 1 aromatic rings. The van der Waals surface area contributed by atoms with Crippen LogP contribution >= 0.6 is 0 Å². The van der Waals surface area contributed by atoms with Crippen LogP contribution in [-0.2, 0) is 0 Å². The molecule has 0 fully saturated rings. The lowest BCUT2D eigenvalue weighted by Crippen LogP contribution is -2.20. The molecule has 0 atom stereocenters. The second-order valence-corrected chi connectivity index (χ2v) is 3.83. The molecule has 0 spiro atoms. The fraction of sp³-hybridized carbons (Fsp3) is 0.364. The summed E-state index contributed by atoms with van der Waals surface area (Å²) in [6.45, 7) is 1.83. The third-order valence-electron chi connectivity index (χ3n) is 2.24. The number of aryl methyl sites for hydroxylation is 2. The van der Waals surface area contributed by atoms with Gasteiger partial charge in [0.25, 0.3) is 0 Å². The highest BCUT2D eigenvalue weighted by Gasteiger charge is 2.29. The third-order valence-corrected chi connectivity index (χ3v) is 2.24. The van der Waals surface area contributed by atoms with Crippen molar-refractivity contribution < 1.29 is 23.1 Å². The molecule has 0 bridgehead atoms. The first-order valence-corrected chi connectivity index (χ1v) is 5.03. The molecule has 7 heteroatoms. The van der Waals surface area contributed by atoms with Crippen LogP contribution in [0.25, 0.3) is 0 Å². The number of benzene rings is 1. The zero-order chi connectivity index (χ0) is 13.9. The molecule has 0 aliphatic heterocycles. The molecule has 1 rings (SSSR count). The van der Waals surface area contributed by atoms with Gasteiger partial charge >= 0.3 is 6.18 Å². The van der Waals surface area contributed by atoms with Gasteiger partial charge in [-0.2, -0.15) is 13.2 Å². The summed E-state index contributed by atoms with van der Waals surface area (Å²) in [6.07, 6.45) is -4.39. The Labute approximate surface area is 102 Å². The smallest absolute Gasteiger partial charge is 0.422 e. The Morgan fingerprint density at radius 2 is 1.83 bits per heavy atom. The van der Waals surface area contributed by atoms with Crippen molar-refractivity contribution in [2.45, 2.75) is 20.0 Å². The van der Waals surface area contributed by atoms with Gasteiger partial charge in [0.15, 0.2) is 12.4 Å². The van der Waals surface area contributed by atoms with E-state index in [0.29, 0.717) is 16.7 Å². The van der Waals surface area contributed by atoms with Crippen molar-refractivity contribution in [3.8, 4) is 5.75 Å². The molecule has 0 radical (unpaired) electrons.